The second-order valence-electron chi connectivity index (χ2n) is 3.40. The van der Waals surface area contributed by atoms with E-state index in [4.69, 9.17) is 4.52 Å². The van der Waals surface area contributed by atoms with Crippen LogP contribution in [0.15, 0.2) is 28.8 Å². The van der Waals surface area contributed by atoms with Crippen LogP contribution in [-0.4, -0.2) is 16.0 Å². The standard InChI is InChI=1S/C11H10IN3O2/c1-7-14-10(17-15-7)6-13-11(16)8-4-2-3-5-9(8)12/h2-5H,6H2,1H3,(H,13,16). The zero-order valence-corrected chi connectivity index (χ0v) is 11.3. The Balaban J connectivity index is 2.01. The number of carbonyl (C=O) groups excluding carboxylic acids is 1. The lowest BCUT2D eigenvalue weighted by molar-refractivity contribution is 0.0945. The van der Waals surface area contributed by atoms with E-state index >= 15 is 0 Å². The molecule has 0 bridgehead atoms. The predicted molar refractivity (Wildman–Crippen MR) is 69.4 cm³/mol. The number of amides is 1. The summed E-state index contributed by atoms with van der Waals surface area (Å²) < 4.78 is 5.81. The summed E-state index contributed by atoms with van der Waals surface area (Å²) in [6.45, 7) is 1.97. The zero-order valence-electron chi connectivity index (χ0n) is 9.11. The largest absolute Gasteiger partial charge is 0.343 e. The Kier molecular flexibility index (Phi) is 3.72. The molecule has 1 amide bonds. The van der Waals surface area contributed by atoms with Crippen molar-refractivity contribution in [2.24, 2.45) is 0 Å². The number of rotatable bonds is 3. The van der Waals surface area contributed by atoms with Gasteiger partial charge in [-0.3, -0.25) is 4.79 Å². The van der Waals surface area contributed by atoms with Crippen LogP contribution in [-0.2, 0) is 6.54 Å². The van der Waals surface area contributed by atoms with Gasteiger partial charge in [0.25, 0.3) is 5.91 Å². The van der Waals surface area contributed by atoms with Crippen LogP contribution in [0.2, 0.25) is 0 Å². The lowest BCUT2D eigenvalue weighted by Gasteiger charge is -2.03. The minimum absolute atomic E-state index is 0.147. The fourth-order valence-electron chi connectivity index (χ4n) is 1.31. The fourth-order valence-corrected chi connectivity index (χ4v) is 1.94. The summed E-state index contributed by atoms with van der Waals surface area (Å²) in [6.07, 6.45) is 0. The summed E-state index contributed by atoms with van der Waals surface area (Å²) >= 11 is 2.12. The number of aromatic nitrogens is 2. The van der Waals surface area contributed by atoms with E-state index in [9.17, 15) is 4.79 Å². The predicted octanol–water partition coefficient (Wildman–Crippen LogP) is 1.91. The third-order valence-electron chi connectivity index (χ3n) is 2.09. The van der Waals surface area contributed by atoms with Crippen molar-refractivity contribution in [3.63, 3.8) is 0 Å². The van der Waals surface area contributed by atoms with Crippen molar-refractivity contribution in [3.05, 3.63) is 45.1 Å². The van der Waals surface area contributed by atoms with Crippen LogP contribution >= 0.6 is 22.6 Å². The molecule has 5 nitrogen and oxygen atoms in total. The lowest BCUT2D eigenvalue weighted by Crippen LogP contribution is -2.23. The Bertz CT molecular complexity index is 539. The summed E-state index contributed by atoms with van der Waals surface area (Å²) in [5, 5.41) is 6.38. The number of nitrogens with one attached hydrogen (secondary N) is 1. The van der Waals surface area contributed by atoms with Crippen LogP contribution in [0.1, 0.15) is 22.1 Å². The van der Waals surface area contributed by atoms with Gasteiger partial charge < -0.3 is 9.84 Å². The molecule has 1 heterocycles. The molecule has 0 fully saturated rings. The van der Waals surface area contributed by atoms with Crippen molar-refractivity contribution in [2.75, 3.05) is 0 Å². The highest BCUT2D eigenvalue weighted by atomic mass is 127. The van der Waals surface area contributed by atoms with Crippen LogP contribution < -0.4 is 5.32 Å². The maximum Gasteiger partial charge on any atom is 0.252 e. The smallest absolute Gasteiger partial charge is 0.252 e. The molecule has 0 spiro atoms. The Morgan fingerprint density at radius 3 is 2.88 bits per heavy atom. The number of halogens is 1. The molecule has 0 atom stereocenters. The Labute approximate surface area is 112 Å². The van der Waals surface area contributed by atoms with Crippen molar-refractivity contribution in [2.45, 2.75) is 13.5 Å². The van der Waals surface area contributed by atoms with Crippen molar-refractivity contribution in [1.29, 1.82) is 0 Å². The molecule has 2 aromatic rings. The first-order valence-electron chi connectivity index (χ1n) is 4.99. The van der Waals surface area contributed by atoms with E-state index < -0.39 is 0 Å². The number of nitrogens with zero attached hydrogens (tertiary/aromatic N) is 2. The summed E-state index contributed by atoms with van der Waals surface area (Å²) in [5.41, 5.74) is 0.643. The molecule has 2 rings (SSSR count). The molecule has 0 aliphatic carbocycles. The third-order valence-corrected chi connectivity index (χ3v) is 3.03. The van der Waals surface area contributed by atoms with E-state index in [1.807, 2.05) is 18.2 Å². The van der Waals surface area contributed by atoms with Gasteiger partial charge in [-0.2, -0.15) is 4.98 Å². The molecule has 17 heavy (non-hydrogen) atoms. The Hall–Kier alpha value is -1.44. The second kappa shape index (κ2) is 5.26. The van der Waals surface area contributed by atoms with E-state index in [-0.39, 0.29) is 12.5 Å². The SMILES string of the molecule is Cc1noc(CNC(=O)c2ccccc2I)n1. The van der Waals surface area contributed by atoms with E-state index in [2.05, 4.69) is 38.0 Å². The minimum atomic E-state index is -0.147. The lowest BCUT2D eigenvalue weighted by atomic mass is 10.2. The van der Waals surface area contributed by atoms with E-state index in [1.165, 1.54) is 0 Å². The van der Waals surface area contributed by atoms with E-state index in [1.54, 1.807) is 13.0 Å². The van der Waals surface area contributed by atoms with Gasteiger partial charge in [0, 0.05) is 3.57 Å². The summed E-state index contributed by atoms with van der Waals surface area (Å²) in [6, 6.07) is 7.37. The van der Waals surface area contributed by atoms with E-state index in [0.29, 0.717) is 17.3 Å². The third kappa shape index (κ3) is 3.02. The van der Waals surface area contributed by atoms with Crippen LogP contribution in [0.5, 0.6) is 0 Å². The van der Waals surface area contributed by atoms with Crippen LogP contribution in [0.4, 0.5) is 0 Å². The molecule has 88 valence electrons. The van der Waals surface area contributed by atoms with E-state index in [0.717, 1.165) is 3.57 Å². The number of aryl methyl sites for hydroxylation is 1. The van der Waals surface area contributed by atoms with Crippen molar-refractivity contribution >= 4 is 28.5 Å². The molecule has 1 N–H and O–H groups in total. The van der Waals surface area contributed by atoms with Crippen molar-refractivity contribution < 1.29 is 9.32 Å². The number of hydrogen-bond acceptors (Lipinski definition) is 4. The Morgan fingerprint density at radius 1 is 1.47 bits per heavy atom. The molecule has 1 aromatic carbocycles. The molecule has 1 aromatic heterocycles. The highest BCUT2D eigenvalue weighted by Gasteiger charge is 2.10. The topological polar surface area (TPSA) is 68.0 Å². The Morgan fingerprint density at radius 2 is 2.24 bits per heavy atom. The van der Waals surface area contributed by atoms with Gasteiger partial charge in [0.1, 0.15) is 0 Å². The molecule has 6 heteroatoms. The molecular formula is C11H10IN3O2. The van der Waals surface area contributed by atoms with Gasteiger partial charge in [0.15, 0.2) is 5.82 Å². The van der Waals surface area contributed by atoms with Gasteiger partial charge in [0.05, 0.1) is 12.1 Å². The van der Waals surface area contributed by atoms with Gasteiger partial charge in [-0.15, -0.1) is 0 Å². The van der Waals surface area contributed by atoms with Gasteiger partial charge >= 0.3 is 0 Å². The summed E-state index contributed by atoms with van der Waals surface area (Å²) in [7, 11) is 0. The van der Waals surface area contributed by atoms with Gasteiger partial charge in [0.2, 0.25) is 5.89 Å². The quantitative estimate of drug-likeness (QED) is 0.865. The maximum atomic E-state index is 11.8. The number of hydrogen-bond donors (Lipinski definition) is 1. The van der Waals surface area contributed by atoms with Gasteiger partial charge in [-0.25, -0.2) is 0 Å². The maximum absolute atomic E-state index is 11.8. The normalized spacial score (nSPS) is 10.2. The molecule has 0 unspecified atom stereocenters. The fraction of sp³-hybridized carbons (Fsp3) is 0.182. The molecule has 0 aliphatic rings. The minimum Gasteiger partial charge on any atom is -0.343 e. The molecule has 0 saturated heterocycles. The molecular weight excluding hydrogens is 333 g/mol. The van der Waals surface area contributed by atoms with Crippen LogP contribution in [0.25, 0.3) is 0 Å². The average molecular weight is 343 g/mol. The van der Waals surface area contributed by atoms with Crippen molar-refractivity contribution in [3.8, 4) is 0 Å². The van der Waals surface area contributed by atoms with Crippen LogP contribution in [0, 0.1) is 10.5 Å². The molecule has 0 aliphatic heterocycles. The second-order valence-corrected chi connectivity index (χ2v) is 4.56. The van der Waals surface area contributed by atoms with Gasteiger partial charge in [-0.1, -0.05) is 17.3 Å². The first-order chi connectivity index (χ1) is 8.16. The summed E-state index contributed by atoms with van der Waals surface area (Å²) in [4.78, 5) is 15.8. The number of carbonyl (C=O) groups is 1. The highest BCUT2D eigenvalue weighted by molar-refractivity contribution is 14.1. The number of benzene rings is 1. The van der Waals surface area contributed by atoms with Gasteiger partial charge in [-0.05, 0) is 41.6 Å². The molecule has 0 saturated carbocycles. The first kappa shape index (κ1) is 12.0. The van der Waals surface area contributed by atoms with Crippen molar-refractivity contribution in [1.82, 2.24) is 15.5 Å². The summed E-state index contributed by atoms with van der Waals surface area (Å²) in [5.74, 6) is 0.816. The highest BCUT2D eigenvalue weighted by Crippen LogP contribution is 2.11. The molecule has 0 radical (unpaired) electrons. The van der Waals surface area contributed by atoms with Crippen LogP contribution in [0.3, 0.4) is 0 Å². The average Bonchev–Trinajstić information content (AvgIpc) is 2.73. The monoisotopic (exact) mass is 343 g/mol. The zero-order chi connectivity index (χ0) is 12.3. The first-order valence-corrected chi connectivity index (χ1v) is 6.06.